The van der Waals surface area contributed by atoms with Crippen molar-refractivity contribution in [2.24, 2.45) is 0 Å². The van der Waals surface area contributed by atoms with Crippen LogP contribution in [-0.4, -0.2) is 39.8 Å². The van der Waals surface area contributed by atoms with Crippen LogP contribution in [0, 0.1) is 20.8 Å². The van der Waals surface area contributed by atoms with Gasteiger partial charge in [-0.3, -0.25) is 4.79 Å². The predicted molar refractivity (Wildman–Crippen MR) is 118 cm³/mol. The number of Topliss-reactive ketones (excluding diaryl/α,β-unsaturated/α-hetero) is 1. The van der Waals surface area contributed by atoms with E-state index in [0.29, 0.717) is 17.5 Å². The fourth-order valence-electron chi connectivity index (χ4n) is 3.62. The highest BCUT2D eigenvalue weighted by molar-refractivity contribution is 7.99. The quantitative estimate of drug-likeness (QED) is 0.296. The van der Waals surface area contributed by atoms with Crippen LogP contribution in [0.25, 0.3) is 11.3 Å². The Morgan fingerprint density at radius 3 is 2.55 bits per heavy atom. The first-order valence-corrected chi connectivity index (χ1v) is 10.6. The van der Waals surface area contributed by atoms with E-state index in [0.717, 1.165) is 33.9 Å². The van der Waals surface area contributed by atoms with Gasteiger partial charge in [0.1, 0.15) is 0 Å². The smallest absolute Gasteiger partial charge is 0.188 e. The molecule has 0 fully saturated rings. The molecule has 0 spiro atoms. The summed E-state index contributed by atoms with van der Waals surface area (Å²) in [6.07, 6.45) is 0. The normalized spacial score (nSPS) is 12.2. The maximum Gasteiger partial charge on any atom is 0.188 e. The van der Waals surface area contributed by atoms with Crippen LogP contribution < -0.4 is 0 Å². The summed E-state index contributed by atoms with van der Waals surface area (Å²) >= 11 is 1.38. The average Bonchev–Trinajstić information content (AvgIpc) is 3.01. The number of methoxy groups -OCH3 is 1. The third kappa shape index (κ3) is 4.95. The standard InChI is InChI=1S/C23H27N3O2S/c1-15-11-21(19-9-7-6-8-10-19)25-23(24-15)29-14-22(27)20-12-16(2)26(18(20)4)17(3)13-28-5/h6-12,17H,13-14H2,1-5H3/t17-/m1/s1. The predicted octanol–water partition coefficient (Wildman–Crippen LogP) is 5.05. The number of rotatable bonds is 8. The van der Waals surface area contributed by atoms with E-state index in [-0.39, 0.29) is 11.8 Å². The number of hydrogen-bond acceptors (Lipinski definition) is 5. The highest BCUT2D eigenvalue weighted by atomic mass is 32.2. The molecule has 0 aliphatic rings. The van der Waals surface area contributed by atoms with Crippen LogP contribution in [0.1, 0.15) is 40.4 Å². The SMILES string of the molecule is COC[C@@H](C)n1c(C)cc(C(=O)CSc2nc(C)cc(-c3ccccc3)n2)c1C. The molecule has 0 unspecified atom stereocenters. The molecule has 0 aliphatic heterocycles. The first-order valence-electron chi connectivity index (χ1n) is 9.65. The van der Waals surface area contributed by atoms with Gasteiger partial charge in [-0.25, -0.2) is 9.97 Å². The maximum absolute atomic E-state index is 12.9. The van der Waals surface area contributed by atoms with Crippen molar-refractivity contribution in [3.63, 3.8) is 0 Å². The number of carbonyl (C=O) groups excluding carboxylic acids is 1. The third-order valence-corrected chi connectivity index (χ3v) is 5.72. The Bertz CT molecular complexity index is 999. The van der Waals surface area contributed by atoms with E-state index < -0.39 is 0 Å². The van der Waals surface area contributed by atoms with E-state index in [9.17, 15) is 4.79 Å². The molecule has 1 aromatic carbocycles. The molecule has 0 bridgehead atoms. The van der Waals surface area contributed by atoms with Crippen molar-refractivity contribution in [3.05, 3.63) is 65.1 Å². The zero-order chi connectivity index (χ0) is 21.0. The molecular weight excluding hydrogens is 382 g/mol. The molecule has 1 atom stereocenters. The van der Waals surface area contributed by atoms with E-state index in [4.69, 9.17) is 4.74 Å². The molecule has 3 rings (SSSR count). The van der Waals surface area contributed by atoms with Crippen molar-refractivity contribution in [1.82, 2.24) is 14.5 Å². The lowest BCUT2D eigenvalue weighted by Crippen LogP contribution is -2.14. The molecule has 29 heavy (non-hydrogen) atoms. The van der Waals surface area contributed by atoms with Crippen LogP contribution >= 0.6 is 11.8 Å². The van der Waals surface area contributed by atoms with Gasteiger partial charge in [0.15, 0.2) is 10.9 Å². The Kier molecular flexibility index (Phi) is 6.87. The molecular formula is C23H27N3O2S. The minimum atomic E-state index is 0.0883. The molecule has 2 aromatic heterocycles. The topological polar surface area (TPSA) is 57.0 Å². The first kappa shape index (κ1) is 21.3. The zero-order valence-corrected chi connectivity index (χ0v) is 18.4. The van der Waals surface area contributed by atoms with Gasteiger partial charge in [-0.05, 0) is 39.8 Å². The summed E-state index contributed by atoms with van der Waals surface area (Å²) in [4.78, 5) is 22.0. The van der Waals surface area contributed by atoms with Crippen molar-refractivity contribution >= 4 is 17.5 Å². The van der Waals surface area contributed by atoms with E-state index >= 15 is 0 Å². The van der Waals surface area contributed by atoms with Crippen molar-refractivity contribution in [2.45, 2.75) is 38.9 Å². The monoisotopic (exact) mass is 409 g/mol. The number of thioether (sulfide) groups is 1. The lowest BCUT2D eigenvalue weighted by atomic mass is 10.1. The van der Waals surface area contributed by atoms with Gasteiger partial charge in [-0.2, -0.15) is 0 Å². The Morgan fingerprint density at radius 2 is 1.86 bits per heavy atom. The highest BCUT2D eigenvalue weighted by Gasteiger charge is 2.19. The largest absolute Gasteiger partial charge is 0.383 e. The lowest BCUT2D eigenvalue weighted by Gasteiger charge is -2.17. The number of aromatic nitrogens is 3. The molecule has 0 aliphatic carbocycles. The summed E-state index contributed by atoms with van der Waals surface area (Å²) in [6.45, 7) is 8.67. The van der Waals surface area contributed by atoms with Gasteiger partial charge < -0.3 is 9.30 Å². The number of carbonyl (C=O) groups is 1. The van der Waals surface area contributed by atoms with Gasteiger partial charge in [0.2, 0.25) is 0 Å². The van der Waals surface area contributed by atoms with Crippen molar-refractivity contribution in [2.75, 3.05) is 19.5 Å². The third-order valence-electron chi connectivity index (χ3n) is 4.87. The number of hydrogen-bond donors (Lipinski definition) is 0. The summed E-state index contributed by atoms with van der Waals surface area (Å²) in [6, 6.07) is 14.1. The molecule has 0 radical (unpaired) electrons. The van der Waals surface area contributed by atoms with Gasteiger partial charge in [-0.1, -0.05) is 42.1 Å². The number of ether oxygens (including phenoxy) is 1. The minimum absolute atomic E-state index is 0.0883. The van der Waals surface area contributed by atoms with Crippen LogP contribution in [0.5, 0.6) is 0 Å². The second kappa shape index (κ2) is 9.37. The number of aryl methyl sites for hydroxylation is 2. The number of benzene rings is 1. The van der Waals surface area contributed by atoms with Gasteiger partial charge >= 0.3 is 0 Å². The number of nitrogens with zero attached hydrogens (tertiary/aromatic N) is 3. The van der Waals surface area contributed by atoms with Gasteiger partial charge in [0.25, 0.3) is 0 Å². The van der Waals surface area contributed by atoms with Crippen LogP contribution in [0.2, 0.25) is 0 Å². The van der Waals surface area contributed by atoms with Crippen LogP contribution in [0.15, 0.2) is 47.6 Å². The lowest BCUT2D eigenvalue weighted by molar-refractivity contribution is 0.102. The van der Waals surface area contributed by atoms with Crippen molar-refractivity contribution in [1.29, 1.82) is 0 Å². The molecule has 0 N–H and O–H groups in total. The van der Waals surface area contributed by atoms with Crippen LogP contribution in [0.4, 0.5) is 0 Å². The Hall–Kier alpha value is -2.44. The van der Waals surface area contributed by atoms with Crippen molar-refractivity contribution in [3.8, 4) is 11.3 Å². The summed E-state index contributed by atoms with van der Waals surface area (Å²) in [5.41, 5.74) is 5.61. The van der Waals surface area contributed by atoms with Gasteiger partial charge in [-0.15, -0.1) is 0 Å². The summed E-state index contributed by atoms with van der Waals surface area (Å²) in [5, 5.41) is 0.624. The van der Waals surface area contributed by atoms with Gasteiger partial charge in [0.05, 0.1) is 24.1 Å². The number of ketones is 1. The van der Waals surface area contributed by atoms with Crippen molar-refractivity contribution < 1.29 is 9.53 Å². The second-order valence-electron chi connectivity index (χ2n) is 7.21. The molecule has 5 nitrogen and oxygen atoms in total. The molecule has 0 amide bonds. The van der Waals surface area contributed by atoms with Gasteiger partial charge in [0, 0.05) is 35.3 Å². The highest BCUT2D eigenvalue weighted by Crippen LogP contribution is 2.25. The zero-order valence-electron chi connectivity index (χ0n) is 17.6. The van der Waals surface area contributed by atoms with Crippen LogP contribution in [0.3, 0.4) is 0 Å². The van der Waals surface area contributed by atoms with E-state index in [1.54, 1.807) is 7.11 Å². The molecule has 6 heteroatoms. The van der Waals surface area contributed by atoms with E-state index in [1.807, 2.05) is 63.2 Å². The molecule has 2 heterocycles. The average molecular weight is 410 g/mol. The van der Waals surface area contributed by atoms with E-state index in [2.05, 4.69) is 21.5 Å². The maximum atomic E-state index is 12.9. The Labute approximate surface area is 176 Å². The Morgan fingerprint density at radius 1 is 1.14 bits per heavy atom. The minimum Gasteiger partial charge on any atom is -0.383 e. The summed E-state index contributed by atoms with van der Waals surface area (Å²) in [5.74, 6) is 0.394. The molecule has 0 saturated carbocycles. The van der Waals surface area contributed by atoms with Crippen LogP contribution in [-0.2, 0) is 4.74 Å². The van der Waals surface area contributed by atoms with E-state index in [1.165, 1.54) is 11.8 Å². The fourth-order valence-corrected chi connectivity index (χ4v) is 4.41. The summed E-state index contributed by atoms with van der Waals surface area (Å²) in [7, 11) is 1.69. The molecule has 152 valence electrons. The molecule has 0 saturated heterocycles. The molecule has 3 aromatic rings. The fraction of sp³-hybridized carbons (Fsp3) is 0.348. The Balaban J connectivity index is 1.76. The summed E-state index contributed by atoms with van der Waals surface area (Å²) < 4.78 is 7.44. The second-order valence-corrected chi connectivity index (χ2v) is 8.16. The first-order chi connectivity index (χ1) is 13.9.